The van der Waals surface area contributed by atoms with E-state index in [4.69, 9.17) is 10.00 Å². The van der Waals surface area contributed by atoms with Crippen molar-refractivity contribution >= 4 is 46.0 Å². The van der Waals surface area contributed by atoms with Gasteiger partial charge in [-0.25, -0.2) is 0 Å². The van der Waals surface area contributed by atoms with Gasteiger partial charge in [0.2, 0.25) is 0 Å². The maximum atomic E-state index is 9.91. The van der Waals surface area contributed by atoms with Crippen molar-refractivity contribution < 1.29 is 21.9 Å². The van der Waals surface area contributed by atoms with Crippen molar-refractivity contribution in [3.63, 3.8) is 0 Å². The molecule has 6 heteroatoms. The number of rotatable bonds is 5. The Kier molecular flexibility index (Phi) is 12.5. The molecule has 0 aliphatic heterocycles. The molecule has 0 fully saturated rings. The Bertz CT molecular complexity index is 117. The van der Waals surface area contributed by atoms with E-state index in [9.17, 15) is 4.57 Å². The molecule has 0 amide bonds. The normalized spacial score (nSPS) is 13.5. The second-order valence-electron chi connectivity index (χ2n) is 2.06. The van der Waals surface area contributed by atoms with Gasteiger partial charge in [0, 0.05) is 4.57 Å². The SMILES string of the molecule is CC(O)CCCO[P+](=O)O.[Ca+2].[H-].[H-]. The zero-order valence-corrected chi connectivity index (χ0v) is 9.67. The molecule has 0 aliphatic carbocycles. The molecule has 0 spiro atoms. The average Bonchev–Trinajstić information content (AvgIpc) is 1.79. The number of aliphatic hydroxyl groups is 1. The Morgan fingerprint density at radius 1 is 1.73 bits per heavy atom. The van der Waals surface area contributed by atoms with E-state index in [2.05, 4.69) is 4.52 Å². The first-order chi connectivity index (χ1) is 4.63. The quantitative estimate of drug-likeness (QED) is 0.396. The van der Waals surface area contributed by atoms with Crippen molar-refractivity contribution in [1.82, 2.24) is 0 Å². The van der Waals surface area contributed by atoms with E-state index in [-0.39, 0.29) is 53.3 Å². The van der Waals surface area contributed by atoms with Crippen LogP contribution in [0.4, 0.5) is 0 Å². The topological polar surface area (TPSA) is 66.8 Å². The largest absolute Gasteiger partial charge is 2.00 e. The third kappa shape index (κ3) is 14.1. The predicted molar refractivity (Wildman–Crippen MR) is 44.7 cm³/mol. The second-order valence-corrected chi connectivity index (χ2v) is 2.80. The Labute approximate surface area is 99.9 Å². The number of hydrogen-bond acceptors (Lipinski definition) is 3. The Morgan fingerprint density at radius 2 is 2.27 bits per heavy atom. The molecule has 2 atom stereocenters. The van der Waals surface area contributed by atoms with Crippen LogP contribution >= 0.6 is 8.25 Å². The summed E-state index contributed by atoms with van der Waals surface area (Å²) in [6.45, 7) is 1.90. The van der Waals surface area contributed by atoms with E-state index in [1.54, 1.807) is 6.92 Å². The molecule has 0 rings (SSSR count). The van der Waals surface area contributed by atoms with Crippen LogP contribution in [0.1, 0.15) is 22.6 Å². The van der Waals surface area contributed by atoms with Crippen molar-refractivity contribution in [2.24, 2.45) is 0 Å². The van der Waals surface area contributed by atoms with Crippen LogP contribution in [0.3, 0.4) is 0 Å². The molecule has 0 radical (unpaired) electrons. The first-order valence-corrected chi connectivity index (χ1v) is 4.23. The molecular formula is C5H14CaO4P+. The minimum Gasteiger partial charge on any atom is -1.00 e. The van der Waals surface area contributed by atoms with Crippen LogP contribution in [0.5, 0.6) is 0 Å². The minimum absolute atomic E-state index is 0. The smallest absolute Gasteiger partial charge is 1.00 e. The van der Waals surface area contributed by atoms with Gasteiger partial charge in [0.25, 0.3) is 0 Å². The fraction of sp³-hybridized carbons (Fsp3) is 1.00. The third-order valence-electron chi connectivity index (χ3n) is 0.968. The van der Waals surface area contributed by atoms with Gasteiger partial charge in [0.15, 0.2) is 0 Å². The van der Waals surface area contributed by atoms with Gasteiger partial charge < -0.3 is 7.96 Å². The molecule has 0 aromatic heterocycles. The van der Waals surface area contributed by atoms with Gasteiger partial charge in [-0.15, -0.1) is 9.42 Å². The van der Waals surface area contributed by atoms with Gasteiger partial charge in [0.05, 0.1) is 6.10 Å². The molecule has 64 valence electrons. The average molecular weight is 209 g/mol. The summed E-state index contributed by atoms with van der Waals surface area (Å²) in [6, 6.07) is 0. The van der Waals surface area contributed by atoms with Gasteiger partial charge in [-0.1, -0.05) is 0 Å². The van der Waals surface area contributed by atoms with Gasteiger partial charge >= 0.3 is 46.0 Å². The summed E-state index contributed by atoms with van der Waals surface area (Å²) >= 11 is 0. The predicted octanol–water partition coefficient (Wildman–Crippen LogP) is 0.658. The second kappa shape index (κ2) is 9.33. The van der Waals surface area contributed by atoms with E-state index >= 15 is 0 Å². The van der Waals surface area contributed by atoms with Crippen molar-refractivity contribution in [2.45, 2.75) is 25.9 Å². The summed E-state index contributed by atoms with van der Waals surface area (Å²) in [4.78, 5) is 8.14. The molecular weight excluding hydrogens is 195 g/mol. The number of aliphatic hydroxyl groups excluding tert-OH is 1. The van der Waals surface area contributed by atoms with E-state index < -0.39 is 8.25 Å². The monoisotopic (exact) mass is 209 g/mol. The van der Waals surface area contributed by atoms with Crippen LogP contribution in [-0.2, 0) is 9.09 Å². The van der Waals surface area contributed by atoms with Crippen molar-refractivity contribution in [2.75, 3.05) is 6.61 Å². The summed E-state index contributed by atoms with van der Waals surface area (Å²) in [5, 5.41) is 8.73. The van der Waals surface area contributed by atoms with Gasteiger partial charge in [-0.2, -0.15) is 0 Å². The Morgan fingerprint density at radius 3 is 2.64 bits per heavy atom. The molecule has 0 saturated carbocycles. The van der Waals surface area contributed by atoms with Gasteiger partial charge in [0.1, 0.15) is 6.61 Å². The molecule has 11 heavy (non-hydrogen) atoms. The number of hydrogen-bond donors (Lipinski definition) is 2. The minimum atomic E-state index is -2.46. The summed E-state index contributed by atoms with van der Waals surface area (Å²) in [7, 11) is -2.46. The van der Waals surface area contributed by atoms with E-state index in [1.165, 1.54) is 0 Å². The van der Waals surface area contributed by atoms with Crippen LogP contribution in [-0.4, -0.2) is 60.4 Å². The summed E-state index contributed by atoms with van der Waals surface area (Å²) < 4.78 is 14.3. The van der Waals surface area contributed by atoms with Gasteiger partial charge in [-0.3, -0.25) is 0 Å². The first-order valence-electron chi connectivity index (χ1n) is 3.10. The molecule has 0 aliphatic rings. The third-order valence-corrected chi connectivity index (χ3v) is 1.37. The zero-order valence-electron chi connectivity index (χ0n) is 8.56. The Hall–Kier alpha value is 1.24. The molecule has 0 aromatic rings. The summed E-state index contributed by atoms with van der Waals surface area (Å²) in [5.74, 6) is 0. The molecule has 0 heterocycles. The van der Waals surface area contributed by atoms with Crippen molar-refractivity contribution in [1.29, 1.82) is 0 Å². The van der Waals surface area contributed by atoms with Crippen LogP contribution in [0.2, 0.25) is 0 Å². The maximum absolute atomic E-state index is 9.91. The summed E-state index contributed by atoms with van der Waals surface area (Å²) in [5.41, 5.74) is 0. The van der Waals surface area contributed by atoms with E-state index in [0.29, 0.717) is 12.8 Å². The van der Waals surface area contributed by atoms with Crippen LogP contribution in [0.25, 0.3) is 0 Å². The molecule has 4 nitrogen and oxygen atoms in total. The maximum Gasteiger partial charge on any atom is 2.00 e. The first kappa shape index (κ1) is 14.7. The van der Waals surface area contributed by atoms with E-state index in [1.807, 2.05) is 0 Å². The summed E-state index contributed by atoms with van der Waals surface area (Å²) in [6.07, 6.45) is 0.850. The Balaban J connectivity index is -0.000000135. The molecule has 0 aromatic carbocycles. The van der Waals surface area contributed by atoms with E-state index in [0.717, 1.165) is 0 Å². The van der Waals surface area contributed by atoms with Crippen molar-refractivity contribution in [3.05, 3.63) is 0 Å². The van der Waals surface area contributed by atoms with Crippen LogP contribution in [0.15, 0.2) is 0 Å². The fourth-order valence-corrected chi connectivity index (χ4v) is 0.807. The van der Waals surface area contributed by atoms with Crippen molar-refractivity contribution in [3.8, 4) is 0 Å². The zero-order chi connectivity index (χ0) is 7.98. The molecule has 0 saturated heterocycles. The van der Waals surface area contributed by atoms with Gasteiger partial charge in [-0.05, 0) is 19.8 Å². The molecule has 0 bridgehead atoms. The van der Waals surface area contributed by atoms with Crippen LogP contribution < -0.4 is 0 Å². The van der Waals surface area contributed by atoms with Crippen LogP contribution in [0, 0.1) is 0 Å². The molecule has 2 unspecified atom stereocenters. The molecule has 2 N–H and O–H groups in total. The standard InChI is InChI=1S/C5H11O4P.Ca.2H/c1-5(6)3-2-4-9-10(7)8;;;/h5-6H,2-4H2,1H3;;;/q;+2;2*-1/p+1. The fourth-order valence-electron chi connectivity index (χ4n) is 0.521.